The molecule has 5 heterocycles. The van der Waals surface area contributed by atoms with Crippen LogP contribution < -0.4 is 30.3 Å². The van der Waals surface area contributed by atoms with Gasteiger partial charge in [-0.15, -0.1) is 0 Å². The van der Waals surface area contributed by atoms with E-state index in [1.165, 1.54) is 5.56 Å². The highest BCUT2D eigenvalue weighted by atomic mass is 79.9. The zero-order valence-corrected chi connectivity index (χ0v) is 29.8. The summed E-state index contributed by atoms with van der Waals surface area (Å²) in [5.74, 6) is 2.36. The van der Waals surface area contributed by atoms with E-state index in [-0.39, 0.29) is 6.79 Å². The van der Waals surface area contributed by atoms with Gasteiger partial charge in [0, 0.05) is 63.9 Å². The van der Waals surface area contributed by atoms with Crippen molar-refractivity contribution in [2.24, 2.45) is 0 Å². The second-order valence-electron chi connectivity index (χ2n) is 12.8. The molecule has 0 unspecified atom stereocenters. The number of aryl methyl sites for hydroxylation is 1. The molecule has 47 heavy (non-hydrogen) atoms. The van der Waals surface area contributed by atoms with Crippen LogP contribution in [0.25, 0.3) is 11.0 Å². The summed E-state index contributed by atoms with van der Waals surface area (Å²) in [5.41, 5.74) is 5.03. The zero-order chi connectivity index (χ0) is 32.7. The van der Waals surface area contributed by atoms with Gasteiger partial charge in [0.2, 0.25) is 12.7 Å². The second-order valence-corrected chi connectivity index (χ2v) is 16.8. The molecule has 0 amide bonds. The molecule has 3 aliphatic heterocycles. The molecule has 0 radical (unpaired) electrons. The third kappa shape index (κ3) is 6.50. The van der Waals surface area contributed by atoms with E-state index in [1.54, 1.807) is 31.9 Å². The van der Waals surface area contributed by atoms with E-state index in [1.807, 2.05) is 12.1 Å². The van der Waals surface area contributed by atoms with Gasteiger partial charge >= 0.3 is 0 Å². The molecule has 248 valence electrons. The number of nitrogens with zero attached hydrogens (tertiary/aromatic N) is 7. The van der Waals surface area contributed by atoms with Gasteiger partial charge in [-0.1, -0.05) is 6.92 Å². The van der Waals surface area contributed by atoms with Crippen LogP contribution in [0.2, 0.25) is 0 Å². The largest absolute Gasteiger partial charge is 0.451 e. The third-order valence-corrected chi connectivity index (χ3v) is 11.4. The van der Waals surface area contributed by atoms with Gasteiger partial charge < -0.3 is 34.5 Å². The van der Waals surface area contributed by atoms with E-state index >= 15 is 0 Å². The molecule has 7 rings (SSSR count). The van der Waals surface area contributed by atoms with Gasteiger partial charge in [0.15, 0.2) is 11.5 Å². The van der Waals surface area contributed by atoms with Crippen LogP contribution in [0.1, 0.15) is 25.3 Å². The molecule has 3 aliphatic rings. The lowest BCUT2D eigenvalue weighted by Crippen LogP contribution is -2.52. The maximum Gasteiger partial charge on any atom is 0.231 e. The fraction of sp³-hybridized carbons (Fsp3) is 0.455. The Hall–Kier alpha value is -3.51. The SMILES string of the molecule is CCc1cc(Nc2ncc(Br)c(Nc3ccc4nccnc4c3P(C)(C)=O)n2)c2c(c1N1CCC(N3CCN(C)CC3)CC1)OCO2. The molecule has 2 saturated heterocycles. The number of benzene rings is 2. The van der Waals surface area contributed by atoms with Crippen molar-refractivity contribution >= 4 is 68.2 Å². The molecule has 2 aromatic carbocycles. The first-order valence-electron chi connectivity index (χ1n) is 16.2. The molecule has 14 heteroatoms. The number of halogens is 1. The summed E-state index contributed by atoms with van der Waals surface area (Å²) in [6, 6.07) is 6.50. The molecule has 2 aromatic heterocycles. The zero-order valence-electron chi connectivity index (χ0n) is 27.3. The quantitative estimate of drug-likeness (QED) is 0.226. The predicted octanol–water partition coefficient (Wildman–Crippen LogP) is 5.42. The fourth-order valence-corrected chi connectivity index (χ4v) is 8.57. The van der Waals surface area contributed by atoms with Crippen LogP contribution in [0.5, 0.6) is 11.5 Å². The normalized spacial score (nSPS) is 17.8. The Morgan fingerprint density at radius 3 is 2.45 bits per heavy atom. The number of piperazine rings is 1. The van der Waals surface area contributed by atoms with Crippen molar-refractivity contribution in [3.8, 4) is 11.5 Å². The van der Waals surface area contributed by atoms with E-state index in [4.69, 9.17) is 14.5 Å². The predicted molar refractivity (Wildman–Crippen MR) is 191 cm³/mol. The lowest BCUT2D eigenvalue weighted by Gasteiger charge is -2.43. The van der Waals surface area contributed by atoms with Crippen molar-refractivity contribution in [2.75, 3.05) is 82.0 Å². The molecular formula is C33H41BrN9O3P. The van der Waals surface area contributed by atoms with Crippen LogP contribution in [0, 0.1) is 0 Å². The summed E-state index contributed by atoms with van der Waals surface area (Å²) in [6.45, 7) is 12.4. The number of hydrogen-bond donors (Lipinski definition) is 2. The van der Waals surface area contributed by atoms with Gasteiger partial charge in [-0.2, -0.15) is 4.98 Å². The van der Waals surface area contributed by atoms with E-state index in [9.17, 15) is 4.57 Å². The molecule has 0 spiro atoms. The molecule has 0 saturated carbocycles. The van der Waals surface area contributed by atoms with E-state index in [0.29, 0.717) is 50.1 Å². The number of nitrogens with one attached hydrogen (secondary N) is 2. The maximum absolute atomic E-state index is 13.4. The third-order valence-electron chi connectivity index (χ3n) is 9.31. The Labute approximate surface area is 283 Å². The Morgan fingerprint density at radius 1 is 0.957 bits per heavy atom. The summed E-state index contributed by atoms with van der Waals surface area (Å²) in [4.78, 5) is 25.8. The van der Waals surface area contributed by atoms with Gasteiger partial charge in [0.1, 0.15) is 18.5 Å². The van der Waals surface area contributed by atoms with Crippen LogP contribution in [-0.2, 0) is 11.0 Å². The van der Waals surface area contributed by atoms with Gasteiger partial charge in [-0.3, -0.25) is 14.9 Å². The fourth-order valence-electron chi connectivity index (χ4n) is 6.89. The average Bonchev–Trinajstić information content (AvgIpc) is 3.56. The number of piperidine rings is 1. The number of anilines is 5. The summed E-state index contributed by atoms with van der Waals surface area (Å²) in [7, 11) is -0.536. The van der Waals surface area contributed by atoms with Gasteiger partial charge in [0.05, 0.1) is 32.4 Å². The smallest absolute Gasteiger partial charge is 0.231 e. The Kier molecular flexibility index (Phi) is 8.99. The molecule has 4 aromatic rings. The highest BCUT2D eigenvalue weighted by Gasteiger charge is 2.33. The first kappa shape index (κ1) is 32.1. The number of ether oxygens (including phenoxy) is 2. The molecule has 0 atom stereocenters. The van der Waals surface area contributed by atoms with E-state index in [2.05, 4.69) is 76.3 Å². The van der Waals surface area contributed by atoms with Crippen LogP contribution in [-0.4, -0.2) is 102 Å². The Bertz CT molecular complexity index is 1840. The van der Waals surface area contributed by atoms with Crippen molar-refractivity contribution in [3.05, 3.63) is 46.8 Å². The Balaban J connectivity index is 1.14. The maximum atomic E-state index is 13.4. The number of hydrogen-bond acceptors (Lipinski definition) is 12. The first-order chi connectivity index (χ1) is 22.7. The van der Waals surface area contributed by atoms with Crippen LogP contribution in [0.15, 0.2) is 41.3 Å². The van der Waals surface area contributed by atoms with Gasteiger partial charge in [0.25, 0.3) is 0 Å². The van der Waals surface area contributed by atoms with Crippen molar-refractivity contribution in [1.29, 1.82) is 0 Å². The van der Waals surface area contributed by atoms with Crippen molar-refractivity contribution in [1.82, 2.24) is 29.7 Å². The van der Waals surface area contributed by atoms with Gasteiger partial charge in [-0.05, 0) is 79.3 Å². The summed E-state index contributed by atoms with van der Waals surface area (Å²) < 4.78 is 26.3. The van der Waals surface area contributed by atoms with Crippen LogP contribution in [0.3, 0.4) is 0 Å². The van der Waals surface area contributed by atoms with Crippen LogP contribution >= 0.6 is 23.1 Å². The molecule has 0 aliphatic carbocycles. The highest BCUT2D eigenvalue weighted by Crippen LogP contribution is 2.50. The Morgan fingerprint density at radius 2 is 1.70 bits per heavy atom. The van der Waals surface area contributed by atoms with Crippen molar-refractivity contribution < 1.29 is 14.0 Å². The molecule has 12 nitrogen and oxygen atoms in total. The minimum Gasteiger partial charge on any atom is -0.451 e. The number of fused-ring (bicyclic) bond motifs is 2. The van der Waals surface area contributed by atoms with Crippen molar-refractivity contribution in [3.63, 3.8) is 0 Å². The van der Waals surface area contributed by atoms with E-state index in [0.717, 1.165) is 75.7 Å². The molecule has 2 N–H and O–H groups in total. The van der Waals surface area contributed by atoms with Gasteiger partial charge in [-0.25, -0.2) is 4.98 Å². The first-order valence-corrected chi connectivity index (χ1v) is 19.6. The second kappa shape index (κ2) is 13.2. The lowest BCUT2D eigenvalue weighted by molar-refractivity contribution is 0.0981. The number of likely N-dealkylation sites (N-methyl/N-ethyl adjacent to an activating group) is 1. The summed E-state index contributed by atoms with van der Waals surface area (Å²) in [5, 5.41) is 7.40. The monoisotopic (exact) mass is 721 g/mol. The standard InChI is InChI=1S/C33H41BrN9O3P/c1-5-21-18-26(29-30(46-20-45-29)28(21)43-12-8-22(9-13-43)42-16-14-41(2)15-17-42)39-33-37-19-23(34)32(40-33)38-25-7-6-24-27(36-11-10-35-24)31(25)47(3,4)44/h6-7,10-11,18-19,22H,5,8-9,12-17,20H2,1-4H3,(H2,37,38,39,40). The number of aromatic nitrogens is 4. The summed E-state index contributed by atoms with van der Waals surface area (Å²) in [6.07, 6.45) is 8.06. The van der Waals surface area contributed by atoms with E-state index < -0.39 is 7.14 Å². The molecule has 0 bridgehead atoms. The molecular weight excluding hydrogens is 681 g/mol. The molecule has 2 fully saturated rings. The minimum atomic E-state index is -2.75. The lowest BCUT2D eigenvalue weighted by atomic mass is 9.99. The minimum absolute atomic E-state index is 0.164. The topological polar surface area (TPSA) is 121 Å². The number of rotatable bonds is 8. The van der Waals surface area contributed by atoms with Crippen molar-refractivity contribution in [2.45, 2.75) is 32.2 Å². The van der Waals surface area contributed by atoms with Crippen LogP contribution in [0.4, 0.5) is 28.8 Å². The average molecular weight is 723 g/mol. The summed E-state index contributed by atoms with van der Waals surface area (Å²) >= 11 is 3.59. The highest BCUT2D eigenvalue weighted by molar-refractivity contribution is 9.10.